The normalized spacial score (nSPS) is 21.2. The maximum Gasteiger partial charge on any atom is 0.335 e. The first-order valence-corrected chi connectivity index (χ1v) is 5.05. The molecule has 0 aliphatic carbocycles. The van der Waals surface area contributed by atoms with Crippen molar-refractivity contribution in [3.8, 4) is 0 Å². The fraction of sp³-hybridized carbons (Fsp3) is 0.364. The van der Waals surface area contributed by atoms with E-state index < -0.39 is 5.97 Å². The Hall–Kier alpha value is -1.39. The summed E-state index contributed by atoms with van der Waals surface area (Å²) in [5, 5.41) is 15.4. The second-order valence-electron chi connectivity index (χ2n) is 3.64. The van der Waals surface area contributed by atoms with E-state index in [-0.39, 0.29) is 0 Å². The van der Waals surface area contributed by atoms with Crippen LogP contribution in [0, 0.1) is 0 Å². The number of rotatable bonds is 2. The first kappa shape index (κ1) is 10.1. The van der Waals surface area contributed by atoms with Gasteiger partial charge in [0.2, 0.25) is 0 Å². The number of piperazine rings is 1. The van der Waals surface area contributed by atoms with E-state index in [2.05, 4.69) is 10.6 Å². The third-order valence-electron chi connectivity index (χ3n) is 2.60. The highest BCUT2D eigenvalue weighted by molar-refractivity contribution is 5.87. The zero-order valence-electron chi connectivity index (χ0n) is 8.36. The average molecular weight is 206 g/mol. The third kappa shape index (κ3) is 2.34. The van der Waals surface area contributed by atoms with Crippen molar-refractivity contribution >= 4 is 5.97 Å². The highest BCUT2D eigenvalue weighted by Crippen LogP contribution is 2.14. The molecule has 1 saturated heterocycles. The molecular formula is C11H14N2O2. The van der Waals surface area contributed by atoms with Crippen molar-refractivity contribution in [3.05, 3.63) is 35.4 Å². The van der Waals surface area contributed by atoms with E-state index in [1.165, 1.54) is 0 Å². The second kappa shape index (κ2) is 4.42. The Kier molecular flexibility index (Phi) is 2.99. The molecule has 0 unspecified atom stereocenters. The van der Waals surface area contributed by atoms with Crippen LogP contribution in [0.4, 0.5) is 0 Å². The smallest absolute Gasteiger partial charge is 0.335 e. The number of carboxylic acids is 1. The minimum absolute atomic E-state index is 0.293. The first-order valence-electron chi connectivity index (χ1n) is 5.05. The summed E-state index contributed by atoms with van der Waals surface area (Å²) in [5.41, 5.74) is 1.47. The van der Waals surface area contributed by atoms with Crippen LogP contribution < -0.4 is 10.6 Å². The van der Waals surface area contributed by atoms with Gasteiger partial charge in [-0.15, -0.1) is 0 Å². The van der Waals surface area contributed by atoms with Gasteiger partial charge in [0.05, 0.1) is 5.56 Å². The van der Waals surface area contributed by atoms with Gasteiger partial charge in [-0.05, 0) is 17.7 Å². The molecule has 1 aromatic rings. The molecule has 3 N–H and O–H groups in total. The van der Waals surface area contributed by atoms with E-state index >= 15 is 0 Å². The Morgan fingerprint density at radius 3 is 2.53 bits per heavy atom. The Morgan fingerprint density at radius 1 is 1.27 bits per heavy atom. The van der Waals surface area contributed by atoms with Crippen LogP contribution in [0.1, 0.15) is 22.0 Å². The summed E-state index contributed by atoms with van der Waals surface area (Å²) in [6.07, 6.45) is 0. The van der Waals surface area contributed by atoms with Crippen LogP contribution in [-0.2, 0) is 0 Å². The number of carboxylic acid groups (broad SMARTS) is 1. The highest BCUT2D eigenvalue weighted by Gasteiger charge is 2.14. The van der Waals surface area contributed by atoms with Crippen LogP contribution in [0.5, 0.6) is 0 Å². The lowest BCUT2D eigenvalue weighted by molar-refractivity contribution is 0.0697. The van der Waals surface area contributed by atoms with Crippen LogP contribution in [0.15, 0.2) is 24.3 Å². The fourth-order valence-electron chi connectivity index (χ4n) is 1.75. The standard InChI is InChI=1S/C11H14N2O2/c14-11(15)9-3-1-8(2-4-9)10-7-12-5-6-13-10/h1-4,10,12-13H,5-7H2,(H,14,15)/t10-/m0/s1. The van der Waals surface area contributed by atoms with Gasteiger partial charge in [-0.3, -0.25) is 0 Å². The van der Waals surface area contributed by atoms with E-state index in [9.17, 15) is 4.79 Å². The summed E-state index contributed by atoms with van der Waals surface area (Å²) in [7, 11) is 0. The lowest BCUT2D eigenvalue weighted by atomic mass is 10.0. The molecular weight excluding hydrogens is 192 g/mol. The molecule has 0 saturated carbocycles. The van der Waals surface area contributed by atoms with E-state index in [0.29, 0.717) is 11.6 Å². The minimum Gasteiger partial charge on any atom is -0.478 e. The van der Waals surface area contributed by atoms with Gasteiger partial charge in [-0.1, -0.05) is 12.1 Å². The maximum absolute atomic E-state index is 10.7. The van der Waals surface area contributed by atoms with Crippen molar-refractivity contribution in [1.29, 1.82) is 0 Å². The number of aromatic carboxylic acids is 1. The molecule has 1 aromatic carbocycles. The quantitative estimate of drug-likeness (QED) is 0.664. The van der Waals surface area contributed by atoms with Crippen LogP contribution in [0.25, 0.3) is 0 Å². The molecule has 0 radical (unpaired) electrons. The predicted octanol–water partition coefficient (Wildman–Crippen LogP) is 0.619. The van der Waals surface area contributed by atoms with Crippen LogP contribution >= 0.6 is 0 Å². The lowest BCUT2D eigenvalue weighted by Gasteiger charge is -2.24. The number of nitrogens with one attached hydrogen (secondary N) is 2. The number of hydrogen-bond acceptors (Lipinski definition) is 3. The van der Waals surface area contributed by atoms with Crippen molar-refractivity contribution in [2.24, 2.45) is 0 Å². The molecule has 4 nitrogen and oxygen atoms in total. The zero-order valence-corrected chi connectivity index (χ0v) is 8.36. The van der Waals surface area contributed by atoms with Gasteiger partial charge in [0.1, 0.15) is 0 Å². The largest absolute Gasteiger partial charge is 0.478 e. The van der Waals surface area contributed by atoms with Crippen LogP contribution in [0.3, 0.4) is 0 Å². The fourth-order valence-corrected chi connectivity index (χ4v) is 1.75. The maximum atomic E-state index is 10.7. The minimum atomic E-state index is -0.878. The Labute approximate surface area is 88.3 Å². The summed E-state index contributed by atoms with van der Waals surface area (Å²) in [6.45, 7) is 2.83. The first-order chi connectivity index (χ1) is 7.27. The van der Waals surface area contributed by atoms with E-state index in [1.54, 1.807) is 12.1 Å². The molecule has 1 aliphatic rings. The SMILES string of the molecule is O=C(O)c1ccc([C@@H]2CNCCN2)cc1. The van der Waals surface area contributed by atoms with Gasteiger partial charge >= 0.3 is 5.97 Å². The zero-order chi connectivity index (χ0) is 10.7. The van der Waals surface area contributed by atoms with E-state index in [1.807, 2.05) is 12.1 Å². The van der Waals surface area contributed by atoms with Gasteiger partial charge in [-0.2, -0.15) is 0 Å². The summed E-state index contributed by atoms with van der Waals surface area (Å²) < 4.78 is 0. The van der Waals surface area contributed by atoms with Crippen LogP contribution in [0.2, 0.25) is 0 Å². The summed E-state index contributed by atoms with van der Waals surface area (Å²) in [4.78, 5) is 10.7. The molecule has 0 aromatic heterocycles. The van der Waals surface area contributed by atoms with Crippen LogP contribution in [-0.4, -0.2) is 30.7 Å². The monoisotopic (exact) mass is 206 g/mol. The molecule has 0 spiro atoms. The predicted molar refractivity (Wildman–Crippen MR) is 57.0 cm³/mol. The molecule has 1 atom stereocenters. The molecule has 1 heterocycles. The molecule has 2 rings (SSSR count). The number of hydrogen-bond donors (Lipinski definition) is 3. The van der Waals surface area contributed by atoms with Crippen molar-refractivity contribution < 1.29 is 9.90 Å². The van der Waals surface area contributed by atoms with Crippen molar-refractivity contribution in [2.45, 2.75) is 6.04 Å². The second-order valence-corrected chi connectivity index (χ2v) is 3.64. The summed E-state index contributed by atoms with van der Waals surface area (Å²) in [6, 6.07) is 7.33. The topological polar surface area (TPSA) is 61.4 Å². The van der Waals surface area contributed by atoms with Gasteiger partial charge in [-0.25, -0.2) is 4.79 Å². The Morgan fingerprint density at radius 2 is 2.00 bits per heavy atom. The highest BCUT2D eigenvalue weighted by atomic mass is 16.4. The molecule has 15 heavy (non-hydrogen) atoms. The summed E-state index contributed by atoms with van der Waals surface area (Å²) in [5.74, 6) is -0.878. The van der Waals surface area contributed by atoms with Crippen molar-refractivity contribution in [2.75, 3.05) is 19.6 Å². The molecule has 0 amide bonds. The molecule has 4 heteroatoms. The van der Waals surface area contributed by atoms with Gasteiger partial charge < -0.3 is 15.7 Å². The van der Waals surface area contributed by atoms with E-state index in [0.717, 1.165) is 25.2 Å². The van der Waals surface area contributed by atoms with Crippen molar-refractivity contribution in [1.82, 2.24) is 10.6 Å². The number of benzene rings is 1. The van der Waals surface area contributed by atoms with Gasteiger partial charge in [0.25, 0.3) is 0 Å². The van der Waals surface area contributed by atoms with Gasteiger partial charge in [0, 0.05) is 25.7 Å². The average Bonchev–Trinajstić information content (AvgIpc) is 2.30. The summed E-state index contributed by atoms with van der Waals surface area (Å²) >= 11 is 0. The van der Waals surface area contributed by atoms with E-state index in [4.69, 9.17) is 5.11 Å². The lowest BCUT2D eigenvalue weighted by Crippen LogP contribution is -2.42. The Balaban J connectivity index is 2.11. The molecule has 0 bridgehead atoms. The Bertz CT molecular complexity index is 342. The van der Waals surface area contributed by atoms with Crippen molar-refractivity contribution in [3.63, 3.8) is 0 Å². The number of carbonyl (C=O) groups is 1. The van der Waals surface area contributed by atoms with Gasteiger partial charge in [0.15, 0.2) is 0 Å². The molecule has 1 fully saturated rings. The molecule has 80 valence electrons. The third-order valence-corrected chi connectivity index (χ3v) is 2.60. The molecule has 1 aliphatic heterocycles.